The van der Waals surface area contributed by atoms with Crippen LogP contribution in [0.5, 0.6) is 0 Å². The number of Topliss-reactive ketones (excluding diaryl/α,β-unsaturated/α-hetero) is 1. The van der Waals surface area contributed by atoms with Crippen LogP contribution in [0.2, 0.25) is 0 Å². The average Bonchev–Trinajstić information content (AvgIpc) is 3.01. The van der Waals surface area contributed by atoms with Gasteiger partial charge in [-0.25, -0.2) is 0 Å². The fourth-order valence-corrected chi connectivity index (χ4v) is 4.38. The minimum atomic E-state index is -1.54. The Kier molecular flexibility index (Phi) is 7.72. The molecule has 1 aliphatic carbocycles. The molecule has 10 heteroatoms. The lowest BCUT2D eigenvalue weighted by Gasteiger charge is -2.40. The smallest absolute Gasteiger partial charge is 0.309 e. The predicted molar refractivity (Wildman–Crippen MR) is 104 cm³/mol. The molecule has 9 atom stereocenters. The second kappa shape index (κ2) is 9.93. The van der Waals surface area contributed by atoms with Crippen LogP contribution in [0.15, 0.2) is 11.8 Å². The highest BCUT2D eigenvalue weighted by Crippen LogP contribution is 2.45. The van der Waals surface area contributed by atoms with Gasteiger partial charge in [-0.15, -0.1) is 0 Å². The van der Waals surface area contributed by atoms with Gasteiger partial charge in [0.05, 0.1) is 19.5 Å². The zero-order valence-corrected chi connectivity index (χ0v) is 17.9. The van der Waals surface area contributed by atoms with Crippen molar-refractivity contribution in [3.63, 3.8) is 0 Å². The van der Waals surface area contributed by atoms with E-state index in [0.29, 0.717) is 5.57 Å². The number of esters is 1. The minimum absolute atomic E-state index is 0.0316. The maximum absolute atomic E-state index is 12.4. The van der Waals surface area contributed by atoms with Crippen molar-refractivity contribution in [1.82, 2.24) is 0 Å². The summed E-state index contributed by atoms with van der Waals surface area (Å²) in [5, 5.41) is 39.2. The molecule has 0 spiro atoms. The van der Waals surface area contributed by atoms with Gasteiger partial charge >= 0.3 is 5.97 Å². The van der Waals surface area contributed by atoms with E-state index in [-0.39, 0.29) is 54.9 Å². The van der Waals surface area contributed by atoms with Crippen molar-refractivity contribution >= 4 is 11.8 Å². The van der Waals surface area contributed by atoms with Crippen molar-refractivity contribution in [2.45, 2.75) is 70.6 Å². The zero-order chi connectivity index (χ0) is 22.9. The van der Waals surface area contributed by atoms with E-state index in [9.17, 15) is 30.0 Å². The van der Waals surface area contributed by atoms with Crippen molar-refractivity contribution in [2.75, 3.05) is 13.2 Å². The lowest BCUT2D eigenvalue weighted by molar-refractivity contribution is -0.299. The summed E-state index contributed by atoms with van der Waals surface area (Å²) in [5.74, 6) is -1.21. The number of carbonyl (C=O) groups is 2. The largest absolute Gasteiger partial charge is 0.462 e. The van der Waals surface area contributed by atoms with Gasteiger partial charge in [0.15, 0.2) is 6.29 Å². The molecule has 31 heavy (non-hydrogen) atoms. The maximum Gasteiger partial charge on any atom is 0.309 e. The molecule has 0 aromatic heterocycles. The first-order valence-electron chi connectivity index (χ1n) is 10.6. The first-order valence-corrected chi connectivity index (χ1v) is 10.6. The normalized spacial score (nSPS) is 40.3. The summed E-state index contributed by atoms with van der Waals surface area (Å²) in [6.07, 6.45) is -5.87. The highest BCUT2D eigenvalue weighted by atomic mass is 16.7. The van der Waals surface area contributed by atoms with Gasteiger partial charge in [-0.3, -0.25) is 9.59 Å². The third-order valence-corrected chi connectivity index (χ3v) is 6.20. The van der Waals surface area contributed by atoms with Crippen LogP contribution in [0.3, 0.4) is 0 Å². The first kappa shape index (κ1) is 24.1. The maximum atomic E-state index is 12.4. The summed E-state index contributed by atoms with van der Waals surface area (Å²) >= 11 is 0. The number of fused-ring (bicyclic) bond motifs is 1. The number of carbonyl (C=O) groups excluding carboxylic acids is 2. The number of rotatable bonds is 7. The lowest BCUT2D eigenvalue weighted by atomic mass is 9.83. The van der Waals surface area contributed by atoms with Gasteiger partial charge in [0.1, 0.15) is 30.2 Å². The molecular formula is C21H32O10. The Morgan fingerprint density at radius 3 is 2.55 bits per heavy atom. The molecule has 1 saturated carbocycles. The number of hydrogen-bond acceptors (Lipinski definition) is 10. The van der Waals surface area contributed by atoms with E-state index in [1.54, 1.807) is 6.92 Å². The van der Waals surface area contributed by atoms with Gasteiger partial charge in [-0.05, 0) is 11.5 Å². The van der Waals surface area contributed by atoms with Crippen molar-refractivity contribution in [3.8, 4) is 0 Å². The van der Waals surface area contributed by atoms with E-state index in [1.165, 1.54) is 6.26 Å². The van der Waals surface area contributed by atoms with Gasteiger partial charge in [-0.2, -0.15) is 0 Å². The van der Waals surface area contributed by atoms with Crippen LogP contribution < -0.4 is 0 Å². The van der Waals surface area contributed by atoms with Crippen LogP contribution in [0.4, 0.5) is 0 Å². The lowest BCUT2D eigenvalue weighted by Crippen LogP contribution is -2.59. The monoisotopic (exact) mass is 444 g/mol. The molecule has 2 heterocycles. The van der Waals surface area contributed by atoms with E-state index >= 15 is 0 Å². The minimum Gasteiger partial charge on any atom is -0.462 e. The molecule has 10 nitrogen and oxygen atoms in total. The quantitative estimate of drug-likeness (QED) is 0.377. The third kappa shape index (κ3) is 5.10. The van der Waals surface area contributed by atoms with E-state index in [0.717, 1.165) is 0 Å². The van der Waals surface area contributed by atoms with Crippen molar-refractivity contribution < 1.29 is 49.0 Å². The van der Waals surface area contributed by atoms with Crippen molar-refractivity contribution in [3.05, 3.63) is 11.8 Å². The SMILES string of the molecule is CC(C)CC(=O)O[C@@H]1OC=C(COC2OC(CO)C(O)C(O)C2O)[C@H]2CC(=O)[C@@H](C)[C@@H]12. The molecule has 0 bridgehead atoms. The second-order valence-corrected chi connectivity index (χ2v) is 8.94. The standard InChI is InChI=1S/C21H32O10/c1-9(2)4-15(24)31-20-16-10(3)13(23)5-12(16)11(7-28-20)8-29-21-19(27)18(26)17(25)14(6-22)30-21/h7,9-10,12,14,16-22,25-27H,4-6,8H2,1-3H3/t10-,12-,14?,16-,17?,18?,19?,20+,21?/m1/s1. The van der Waals surface area contributed by atoms with Gasteiger partial charge < -0.3 is 39.4 Å². The molecular weight excluding hydrogens is 412 g/mol. The van der Waals surface area contributed by atoms with Crippen LogP contribution in [0.25, 0.3) is 0 Å². The molecule has 3 rings (SSSR count). The van der Waals surface area contributed by atoms with Crippen LogP contribution in [0, 0.1) is 23.7 Å². The van der Waals surface area contributed by atoms with Gasteiger partial charge in [0.2, 0.25) is 6.29 Å². The molecule has 0 aromatic carbocycles. The van der Waals surface area contributed by atoms with Crippen LogP contribution >= 0.6 is 0 Å². The van der Waals surface area contributed by atoms with E-state index in [4.69, 9.17) is 18.9 Å². The van der Waals surface area contributed by atoms with Gasteiger partial charge in [-0.1, -0.05) is 20.8 Å². The fourth-order valence-electron chi connectivity index (χ4n) is 4.38. The molecule has 3 aliphatic rings. The van der Waals surface area contributed by atoms with E-state index in [1.807, 2.05) is 13.8 Å². The molecule has 4 N–H and O–H groups in total. The highest BCUT2D eigenvalue weighted by Gasteiger charge is 2.51. The second-order valence-electron chi connectivity index (χ2n) is 8.94. The summed E-state index contributed by atoms with van der Waals surface area (Å²) < 4.78 is 22.1. The van der Waals surface area contributed by atoms with Gasteiger partial charge in [0, 0.05) is 30.6 Å². The molecule has 2 aliphatic heterocycles. The van der Waals surface area contributed by atoms with Crippen molar-refractivity contribution in [1.29, 1.82) is 0 Å². The van der Waals surface area contributed by atoms with E-state index < -0.39 is 43.6 Å². The topological polar surface area (TPSA) is 152 Å². The van der Waals surface area contributed by atoms with Crippen molar-refractivity contribution in [2.24, 2.45) is 23.7 Å². The van der Waals surface area contributed by atoms with Gasteiger partial charge in [0.25, 0.3) is 0 Å². The fraction of sp³-hybridized carbons (Fsp3) is 0.810. The molecule has 176 valence electrons. The molecule has 0 radical (unpaired) electrons. The first-order chi connectivity index (χ1) is 14.6. The van der Waals surface area contributed by atoms with Crippen LogP contribution in [0.1, 0.15) is 33.6 Å². The number of hydrogen-bond donors (Lipinski definition) is 4. The summed E-state index contributed by atoms with van der Waals surface area (Å²) in [6.45, 7) is 4.96. The molecule has 5 unspecified atom stereocenters. The molecule has 2 fully saturated rings. The molecule has 0 amide bonds. The number of ether oxygens (including phenoxy) is 4. The van der Waals surface area contributed by atoms with E-state index in [2.05, 4.69) is 0 Å². The molecule has 0 aromatic rings. The Morgan fingerprint density at radius 2 is 1.90 bits per heavy atom. The third-order valence-electron chi connectivity index (χ3n) is 6.20. The Morgan fingerprint density at radius 1 is 1.19 bits per heavy atom. The average molecular weight is 444 g/mol. The highest BCUT2D eigenvalue weighted by molar-refractivity contribution is 5.84. The number of ketones is 1. The van der Waals surface area contributed by atoms with Crippen LogP contribution in [-0.2, 0) is 28.5 Å². The number of aliphatic hydroxyl groups is 4. The Balaban J connectivity index is 1.68. The summed E-state index contributed by atoms with van der Waals surface area (Å²) in [7, 11) is 0. The molecule has 1 saturated heterocycles. The Labute approximate surface area is 180 Å². The summed E-state index contributed by atoms with van der Waals surface area (Å²) in [4.78, 5) is 24.5. The number of aliphatic hydroxyl groups excluding tert-OH is 4. The summed E-state index contributed by atoms with van der Waals surface area (Å²) in [5.41, 5.74) is 0.635. The zero-order valence-electron chi connectivity index (χ0n) is 17.9. The Bertz CT molecular complexity index is 690. The summed E-state index contributed by atoms with van der Waals surface area (Å²) in [6, 6.07) is 0. The predicted octanol–water partition coefficient (Wildman–Crippen LogP) is -0.526. The Hall–Kier alpha value is -1.56. The van der Waals surface area contributed by atoms with Crippen LogP contribution in [-0.4, -0.2) is 82.4 Å².